The van der Waals surface area contributed by atoms with Gasteiger partial charge in [-0.25, -0.2) is 13.1 Å². The average Bonchev–Trinajstić information content (AvgIpc) is 2.81. The Bertz CT molecular complexity index is 1120. The lowest BCUT2D eigenvalue weighted by Gasteiger charge is -2.11. The van der Waals surface area contributed by atoms with E-state index in [9.17, 15) is 13.2 Å². The molecular weight excluding hydrogens is 424 g/mol. The van der Waals surface area contributed by atoms with Crippen LogP contribution in [0.2, 0.25) is 0 Å². The summed E-state index contributed by atoms with van der Waals surface area (Å²) in [7, 11) is -3.74. The van der Waals surface area contributed by atoms with E-state index in [0.29, 0.717) is 37.3 Å². The average molecular weight is 453 g/mol. The summed E-state index contributed by atoms with van der Waals surface area (Å²) in [5, 5.41) is 2.84. The van der Waals surface area contributed by atoms with Crippen LogP contribution in [0.3, 0.4) is 0 Å². The molecule has 2 N–H and O–H groups in total. The van der Waals surface area contributed by atoms with Crippen LogP contribution in [-0.4, -0.2) is 27.5 Å². The monoisotopic (exact) mass is 452 g/mol. The van der Waals surface area contributed by atoms with Gasteiger partial charge in [-0.1, -0.05) is 66.7 Å². The van der Waals surface area contributed by atoms with Crippen LogP contribution in [0.15, 0.2) is 83.8 Å². The molecule has 1 amide bonds. The van der Waals surface area contributed by atoms with Crippen LogP contribution in [0.5, 0.6) is 0 Å². The normalized spacial score (nSPS) is 11.3. The molecule has 168 valence electrons. The molecule has 7 heteroatoms. The highest BCUT2D eigenvalue weighted by molar-refractivity contribution is 7.89. The van der Waals surface area contributed by atoms with Crippen molar-refractivity contribution in [3.05, 3.63) is 101 Å². The van der Waals surface area contributed by atoms with E-state index in [-0.39, 0.29) is 17.3 Å². The molecule has 0 bridgehead atoms. The molecule has 0 aromatic heterocycles. The first-order valence-electron chi connectivity index (χ1n) is 10.5. The van der Waals surface area contributed by atoms with E-state index in [4.69, 9.17) is 4.74 Å². The van der Waals surface area contributed by atoms with E-state index < -0.39 is 10.0 Å². The zero-order chi connectivity index (χ0) is 22.8. The summed E-state index contributed by atoms with van der Waals surface area (Å²) in [6.07, 6.45) is 0.661. The van der Waals surface area contributed by atoms with Crippen LogP contribution >= 0.6 is 0 Å². The summed E-state index contributed by atoms with van der Waals surface area (Å²) < 4.78 is 33.6. The molecule has 0 atom stereocenters. The van der Waals surface area contributed by atoms with Gasteiger partial charge in [-0.3, -0.25) is 4.79 Å². The third-order valence-corrected chi connectivity index (χ3v) is 6.33. The first kappa shape index (κ1) is 23.7. The number of aryl methyl sites for hydroxylation is 1. The minimum atomic E-state index is -3.74. The van der Waals surface area contributed by atoms with Gasteiger partial charge in [0.15, 0.2) is 0 Å². The second-order valence-corrected chi connectivity index (χ2v) is 9.20. The van der Waals surface area contributed by atoms with Gasteiger partial charge in [0.1, 0.15) is 0 Å². The lowest BCUT2D eigenvalue weighted by molar-refractivity contribution is 0.0933. The molecule has 0 aliphatic rings. The fourth-order valence-electron chi connectivity index (χ4n) is 3.11. The Kier molecular flexibility index (Phi) is 8.56. The summed E-state index contributed by atoms with van der Waals surface area (Å²) in [4.78, 5) is 12.7. The van der Waals surface area contributed by atoms with Crippen molar-refractivity contribution in [2.24, 2.45) is 0 Å². The van der Waals surface area contributed by atoms with Crippen LogP contribution in [0.4, 0.5) is 0 Å². The predicted molar refractivity (Wildman–Crippen MR) is 125 cm³/mol. The molecule has 0 aliphatic carbocycles. The van der Waals surface area contributed by atoms with Crippen molar-refractivity contribution < 1.29 is 17.9 Å². The Balaban J connectivity index is 1.51. The smallest absolute Gasteiger partial charge is 0.251 e. The molecule has 0 saturated carbocycles. The second-order valence-electron chi connectivity index (χ2n) is 7.43. The zero-order valence-corrected chi connectivity index (χ0v) is 18.9. The molecular formula is C25H28N2O4S. The van der Waals surface area contributed by atoms with E-state index in [1.54, 1.807) is 13.0 Å². The van der Waals surface area contributed by atoms with E-state index >= 15 is 0 Å². The molecule has 0 spiro atoms. The molecule has 0 fully saturated rings. The molecule has 32 heavy (non-hydrogen) atoms. The molecule has 0 saturated heterocycles. The minimum Gasteiger partial charge on any atom is -0.377 e. The number of ether oxygens (including phenoxy) is 1. The number of benzene rings is 3. The number of amides is 1. The van der Waals surface area contributed by atoms with E-state index in [0.717, 1.165) is 11.1 Å². The van der Waals surface area contributed by atoms with E-state index in [1.165, 1.54) is 12.1 Å². The number of sulfonamides is 1. The van der Waals surface area contributed by atoms with Crippen LogP contribution < -0.4 is 10.0 Å². The van der Waals surface area contributed by atoms with Gasteiger partial charge in [0.05, 0.1) is 11.5 Å². The number of carbonyl (C=O) groups excluding carboxylic acids is 1. The van der Waals surface area contributed by atoms with E-state index in [2.05, 4.69) is 10.0 Å². The quantitative estimate of drug-likeness (QED) is 0.433. The van der Waals surface area contributed by atoms with Crippen LogP contribution in [0.25, 0.3) is 0 Å². The maximum absolute atomic E-state index is 12.7. The van der Waals surface area contributed by atoms with Crippen molar-refractivity contribution in [1.29, 1.82) is 0 Å². The summed E-state index contributed by atoms with van der Waals surface area (Å²) >= 11 is 0. The Morgan fingerprint density at radius 3 is 2.25 bits per heavy atom. The predicted octanol–water partition coefficient (Wildman–Crippen LogP) is 3.81. The topological polar surface area (TPSA) is 84.5 Å². The lowest BCUT2D eigenvalue weighted by Crippen LogP contribution is -2.27. The van der Waals surface area contributed by atoms with Crippen LogP contribution in [0, 0.1) is 6.92 Å². The van der Waals surface area contributed by atoms with Gasteiger partial charge in [-0.15, -0.1) is 0 Å². The third-order valence-electron chi connectivity index (χ3n) is 4.94. The maximum atomic E-state index is 12.7. The SMILES string of the molecule is Cc1ccc(S(=O)(=O)NCc2ccccc2)cc1C(=O)NCCCOCc1ccccc1. The maximum Gasteiger partial charge on any atom is 0.251 e. The summed E-state index contributed by atoms with van der Waals surface area (Å²) in [6.45, 7) is 3.46. The Morgan fingerprint density at radius 1 is 0.906 bits per heavy atom. The van der Waals surface area contributed by atoms with Gasteiger partial charge in [0.2, 0.25) is 10.0 Å². The van der Waals surface area contributed by atoms with E-state index in [1.807, 2.05) is 60.7 Å². The van der Waals surface area contributed by atoms with Gasteiger partial charge in [-0.2, -0.15) is 0 Å². The lowest BCUT2D eigenvalue weighted by atomic mass is 10.1. The fourth-order valence-corrected chi connectivity index (χ4v) is 4.15. The highest BCUT2D eigenvalue weighted by Gasteiger charge is 2.18. The van der Waals surface area contributed by atoms with Crippen molar-refractivity contribution in [1.82, 2.24) is 10.0 Å². The molecule has 0 aliphatic heterocycles. The highest BCUT2D eigenvalue weighted by atomic mass is 32.2. The molecule has 3 aromatic carbocycles. The third kappa shape index (κ3) is 7.02. The minimum absolute atomic E-state index is 0.0652. The van der Waals surface area contributed by atoms with Crippen molar-refractivity contribution >= 4 is 15.9 Å². The van der Waals surface area contributed by atoms with Gasteiger partial charge in [0, 0.05) is 25.3 Å². The van der Waals surface area contributed by atoms with Crippen molar-refractivity contribution in [3.8, 4) is 0 Å². The molecule has 0 radical (unpaired) electrons. The number of hydrogen-bond donors (Lipinski definition) is 2. The fraction of sp³-hybridized carbons (Fsp3) is 0.240. The Morgan fingerprint density at radius 2 is 1.56 bits per heavy atom. The van der Waals surface area contributed by atoms with Gasteiger partial charge < -0.3 is 10.1 Å². The summed E-state index contributed by atoms with van der Waals surface area (Å²) in [5.74, 6) is -0.300. The first-order valence-corrected chi connectivity index (χ1v) is 12.0. The van der Waals surface area contributed by atoms with Crippen molar-refractivity contribution in [2.75, 3.05) is 13.2 Å². The van der Waals surface area contributed by atoms with Crippen LogP contribution in [0.1, 0.15) is 33.5 Å². The Hall–Kier alpha value is -3.00. The molecule has 0 unspecified atom stereocenters. The number of rotatable bonds is 11. The van der Waals surface area contributed by atoms with Gasteiger partial charge in [-0.05, 0) is 42.2 Å². The molecule has 6 nitrogen and oxygen atoms in total. The van der Waals surface area contributed by atoms with Crippen molar-refractivity contribution in [3.63, 3.8) is 0 Å². The zero-order valence-electron chi connectivity index (χ0n) is 18.1. The molecule has 3 rings (SSSR count). The largest absolute Gasteiger partial charge is 0.377 e. The number of carbonyl (C=O) groups is 1. The van der Waals surface area contributed by atoms with Gasteiger partial charge in [0.25, 0.3) is 5.91 Å². The number of nitrogens with one attached hydrogen (secondary N) is 2. The van der Waals surface area contributed by atoms with Crippen LogP contribution in [-0.2, 0) is 27.9 Å². The molecule has 0 heterocycles. The highest BCUT2D eigenvalue weighted by Crippen LogP contribution is 2.16. The Labute approximate surface area is 189 Å². The standard InChI is InChI=1S/C25H28N2O4S/c1-20-13-14-23(32(29,30)27-18-21-9-4-2-5-10-21)17-24(20)25(28)26-15-8-16-31-19-22-11-6-3-7-12-22/h2-7,9-14,17,27H,8,15-16,18-19H2,1H3,(H,26,28). The first-order chi connectivity index (χ1) is 15.5. The summed E-state index contributed by atoms with van der Waals surface area (Å²) in [6, 6.07) is 23.7. The number of hydrogen-bond acceptors (Lipinski definition) is 4. The summed E-state index contributed by atoms with van der Waals surface area (Å²) in [5.41, 5.74) is 3.02. The van der Waals surface area contributed by atoms with Gasteiger partial charge >= 0.3 is 0 Å². The molecule has 3 aromatic rings. The van der Waals surface area contributed by atoms with Crippen molar-refractivity contribution in [2.45, 2.75) is 31.4 Å². The second kappa shape index (κ2) is 11.6.